The average Bonchev–Trinajstić information content (AvgIpc) is 2.54. The van der Waals surface area contributed by atoms with E-state index < -0.39 is 16.1 Å². The van der Waals surface area contributed by atoms with Gasteiger partial charge in [-0.15, -0.1) is 0 Å². The predicted octanol–water partition coefficient (Wildman–Crippen LogP) is 1.33. The van der Waals surface area contributed by atoms with Crippen molar-refractivity contribution in [2.75, 3.05) is 13.3 Å². The first-order valence-corrected chi connectivity index (χ1v) is 8.89. The van der Waals surface area contributed by atoms with Gasteiger partial charge in [-0.05, 0) is 17.2 Å². The first kappa shape index (κ1) is 17.1. The Bertz CT molecular complexity index is 749. The van der Waals surface area contributed by atoms with E-state index in [0.717, 1.165) is 16.1 Å². The molecule has 0 bridgehead atoms. The average molecular weight is 333 g/mol. The Hall–Kier alpha value is -2.25. The summed E-state index contributed by atoms with van der Waals surface area (Å²) in [5.74, 6) is -0.382. The Labute approximate surface area is 136 Å². The van der Waals surface area contributed by atoms with Crippen LogP contribution in [0.3, 0.4) is 0 Å². The number of nitrogens with zero attached hydrogens (tertiary/aromatic N) is 2. The van der Waals surface area contributed by atoms with Crippen molar-refractivity contribution >= 4 is 15.9 Å². The molecule has 0 radical (unpaired) electrons. The molecule has 0 aliphatic carbocycles. The van der Waals surface area contributed by atoms with Crippen molar-refractivity contribution < 1.29 is 13.2 Å². The number of carbonyl (C=O) groups is 1. The minimum atomic E-state index is -3.52. The van der Waals surface area contributed by atoms with Crippen LogP contribution in [0, 0.1) is 0 Å². The van der Waals surface area contributed by atoms with Gasteiger partial charge in [0, 0.05) is 26.0 Å². The monoisotopic (exact) mass is 333 g/mol. The number of nitrogens with one attached hydrogen (secondary N) is 1. The van der Waals surface area contributed by atoms with E-state index in [1.54, 1.807) is 42.7 Å². The number of aromatic nitrogens is 1. The second-order valence-corrected chi connectivity index (χ2v) is 7.21. The van der Waals surface area contributed by atoms with Gasteiger partial charge in [-0.2, -0.15) is 4.31 Å². The second kappa shape index (κ2) is 7.34. The van der Waals surface area contributed by atoms with E-state index in [0.29, 0.717) is 5.56 Å². The van der Waals surface area contributed by atoms with E-state index in [1.807, 2.05) is 12.1 Å². The molecule has 7 heteroatoms. The molecule has 2 aromatic rings. The Kier molecular flexibility index (Phi) is 5.46. The molecule has 1 N–H and O–H groups in total. The lowest BCUT2D eigenvalue weighted by atomic mass is 10.1. The van der Waals surface area contributed by atoms with Gasteiger partial charge >= 0.3 is 0 Å². The van der Waals surface area contributed by atoms with Crippen LogP contribution in [0.2, 0.25) is 0 Å². The summed E-state index contributed by atoms with van der Waals surface area (Å²) in [6, 6.07) is 11.5. The zero-order valence-electron chi connectivity index (χ0n) is 13.0. The van der Waals surface area contributed by atoms with Gasteiger partial charge in [-0.25, -0.2) is 8.42 Å². The molecule has 122 valence electrons. The van der Waals surface area contributed by atoms with E-state index in [-0.39, 0.29) is 12.5 Å². The standard InChI is InChI=1S/C16H19N3O3S/c1-19(23(2,21)22)15(14-8-4-3-5-9-14)16(20)18-12-13-7-6-10-17-11-13/h3-11,15H,12H2,1-2H3,(H,18,20). The first-order valence-electron chi connectivity index (χ1n) is 7.04. The molecule has 1 aromatic carbocycles. The van der Waals surface area contributed by atoms with Crippen molar-refractivity contribution in [3.8, 4) is 0 Å². The molecule has 0 aliphatic heterocycles. The summed E-state index contributed by atoms with van der Waals surface area (Å²) in [6.07, 6.45) is 4.38. The van der Waals surface area contributed by atoms with Gasteiger partial charge in [0.2, 0.25) is 15.9 Å². The molecule has 0 saturated heterocycles. The van der Waals surface area contributed by atoms with Gasteiger partial charge in [0.1, 0.15) is 6.04 Å². The first-order chi connectivity index (χ1) is 10.9. The van der Waals surface area contributed by atoms with Gasteiger partial charge in [-0.1, -0.05) is 36.4 Å². The molecule has 0 fully saturated rings. The summed E-state index contributed by atoms with van der Waals surface area (Å²) in [7, 11) is -2.12. The molecule has 0 spiro atoms. The lowest BCUT2D eigenvalue weighted by Crippen LogP contribution is -2.41. The van der Waals surface area contributed by atoms with Crippen molar-refractivity contribution in [3.05, 3.63) is 66.0 Å². The van der Waals surface area contributed by atoms with E-state index in [2.05, 4.69) is 10.3 Å². The van der Waals surface area contributed by atoms with E-state index in [9.17, 15) is 13.2 Å². The lowest BCUT2D eigenvalue weighted by Gasteiger charge is -2.25. The maximum Gasteiger partial charge on any atom is 0.243 e. The van der Waals surface area contributed by atoms with Crippen LogP contribution >= 0.6 is 0 Å². The van der Waals surface area contributed by atoms with Gasteiger partial charge < -0.3 is 5.32 Å². The number of amides is 1. The summed E-state index contributed by atoms with van der Waals surface area (Å²) < 4.78 is 24.8. The fraction of sp³-hybridized carbons (Fsp3) is 0.250. The SMILES string of the molecule is CN(C(C(=O)NCc1cccnc1)c1ccccc1)S(C)(=O)=O. The largest absolute Gasteiger partial charge is 0.350 e. The summed E-state index contributed by atoms with van der Waals surface area (Å²) in [5, 5.41) is 2.77. The van der Waals surface area contributed by atoms with Gasteiger partial charge in [0.05, 0.1) is 6.26 Å². The fourth-order valence-electron chi connectivity index (χ4n) is 2.14. The molecular weight excluding hydrogens is 314 g/mol. The van der Waals surface area contributed by atoms with E-state index >= 15 is 0 Å². The molecule has 1 unspecified atom stereocenters. The highest BCUT2D eigenvalue weighted by molar-refractivity contribution is 7.88. The Morgan fingerprint density at radius 3 is 2.48 bits per heavy atom. The molecule has 6 nitrogen and oxygen atoms in total. The third-order valence-electron chi connectivity index (χ3n) is 3.44. The van der Waals surface area contributed by atoms with E-state index in [1.165, 1.54) is 7.05 Å². The maximum absolute atomic E-state index is 12.6. The molecule has 1 amide bonds. The number of sulfonamides is 1. The number of carbonyl (C=O) groups excluding carboxylic acids is 1. The number of benzene rings is 1. The number of rotatable bonds is 6. The molecule has 0 saturated carbocycles. The quantitative estimate of drug-likeness (QED) is 0.865. The van der Waals surface area contributed by atoms with Crippen LogP contribution < -0.4 is 5.32 Å². The number of hydrogen-bond acceptors (Lipinski definition) is 4. The van der Waals surface area contributed by atoms with Gasteiger partial charge in [0.25, 0.3) is 0 Å². The van der Waals surface area contributed by atoms with Crippen molar-refractivity contribution in [1.29, 1.82) is 0 Å². The van der Waals surface area contributed by atoms with Crippen molar-refractivity contribution in [3.63, 3.8) is 0 Å². The van der Waals surface area contributed by atoms with Crippen LogP contribution in [-0.2, 0) is 21.4 Å². The van der Waals surface area contributed by atoms with Crippen LogP contribution in [0.25, 0.3) is 0 Å². The molecule has 1 heterocycles. The van der Waals surface area contributed by atoms with Crippen molar-refractivity contribution in [2.24, 2.45) is 0 Å². The topological polar surface area (TPSA) is 79.4 Å². The lowest BCUT2D eigenvalue weighted by molar-refractivity contribution is -0.124. The van der Waals surface area contributed by atoms with Crippen molar-refractivity contribution in [2.45, 2.75) is 12.6 Å². The van der Waals surface area contributed by atoms with Crippen LogP contribution in [0.4, 0.5) is 0 Å². The minimum Gasteiger partial charge on any atom is -0.350 e. The maximum atomic E-state index is 12.6. The molecule has 23 heavy (non-hydrogen) atoms. The fourth-order valence-corrected chi connectivity index (χ4v) is 2.74. The third-order valence-corrected chi connectivity index (χ3v) is 4.70. The zero-order valence-corrected chi connectivity index (χ0v) is 13.8. The minimum absolute atomic E-state index is 0.285. The molecule has 1 aromatic heterocycles. The van der Waals surface area contributed by atoms with Gasteiger partial charge in [0.15, 0.2) is 0 Å². The number of pyridine rings is 1. The smallest absolute Gasteiger partial charge is 0.243 e. The summed E-state index contributed by atoms with van der Waals surface area (Å²) in [5.41, 5.74) is 1.46. The normalized spacial score (nSPS) is 12.8. The summed E-state index contributed by atoms with van der Waals surface area (Å²) in [4.78, 5) is 16.5. The zero-order chi connectivity index (χ0) is 16.9. The highest BCUT2D eigenvalue weighted by Crippen LogP contribution is 2.22. The Morgan fingerprint density at radius 1 is 1.22 bits per heavy atom. The van der Waals surface area contributed by atoms with Crippen LogP contribution in [0.5, 0.6) is 0 Å². The predicted molar refractivity (Wildman–Crippen MR) is 87.9 cm³/mol. The molecular formula is C16H19N3O3S. The Morgan fingerprint density at radius 2 is 1.91 bits per heavy atom. The number of likely N-dealkylation sites (N-methyl/N-ethyl adjacent to an activating group) is 1. The second-order valence-electron chi connectivity index (χ2n) is 5.17. The highest BCUT2D eigenvalue weighted by Gasteiger charge is 2.30. The van der Waals surface area contributed by atoms with Gasteiger partial charge in [-0.3, -0.25) is 9.78 Å². The van der Waals surface area contributed by atoms with Crippen LogP contribution in [-0.4, -0.2) is 36.9 Å². The summed E-state index contributed by atoms with van der Waals surface area (Å²) in [6.45, 7) is 0.285. The molecule has 2 rings (SSSR count). The van der Waals surface area contributed by atoms with Crippen LogP contribution in [0.15, 0.2) is 54.9 Å². The third kappa shape index (κ3) is 4.61. The highest BCUT2D eigenvalue weighted by atomic mass is 32.2. The summed E-state index contributed by atoms with van der Waals surface area (Å²) >= 11 is 0. The Balaban J connectivity index is 2.21. The molecule has 0 aliphatic rings. The van der Waals surface area contributed by atoms with Crippen molar-refractivity contribution in [1.82, 2.24) is 14.6 Å². The van der Waals surface area contributed by atoms with E-state index in [4.69, 9.17) is 0 Å². The van der Waals surface area contributed by atoms with Crippen LogP contribution in [0.1, 0.15) is 17.2 Å². The number of hydrogen-bond donors (Lipinski definition) is 1. The molecule has 1 atom stereocenters.